The summed E-state index contributed by atoms with van der Waals surface area (Å²) in [6.45, 7) is 0.798. The second-order valence-electron chi connectivity index (χ2n) is 4.52. The fourth-order valence-corrected chi connectivity index (χ4v) is 2.49. The number of nitrogens with one attached hydrogen (secondary N) is 2. The van der Waals surface area contributed by atoms with E-state index in [0.29, 0.717) is 17.7 Å². The maximum Gasteiger partial charge on any atom is 0.337 e. The Balaban J connectivity index is 2.19. The van der Waals surface area contributed by atoms with Gasteiger partial charge in [0, 0.05) is 10.5 Å². The van der Waals surface area contributed by atoms with Gasteiger partial charge in [0.25, 0.3) is 0 Å². The number of carboxylic acid groups (broad SMARTS) is 1. The standard InChI is InChI=1S/C13H15BrN2O4/c1-15-11-6-20-5-9(11)12(17)16-10-4-7(14)2-3-8(10)13(18)19/h2-4,9,11,15H,5-6H2,1H3,(H,16,17)(H,18,19). The Kier molecular flexibility index (Phi) is 4.74. The van der Waals surface area contributed by atoms with Gasteiger partial charge in [0.2, 0.25) is 5.91 Å². The van der Waals surface area contributed by atoms with Crippen molar-refractivity contribution in [1.82, 2.24) is 5.32 Å². The Hall–Kier alpha value is -1.44. The van der Waals surface area contributed by atoms with E-state index in [2.05, 4.69) is 26.6 Å². The number of rotatable bonds is 4. The number of ether oxygens (including phenoxy) is 1. The largest absolute Gasteiger partial charge is 0.478 e. The van der Waals surface area contributed by atoms with Crippen LogP contribution in [-0.2, 0) is 9.53 Å². The molecule has 1 aromatic carbocycles. The van der Waals surface area contributed by atoms with E-state index in [4.69, 9.17) is 9.84 Å². The minimum absolute atomic E-state index is 0.0569. The van der Waals surface area contributed by atoms with E-state index >= 15 is 0 Å². The molecule has 20 heavy (non-hydrogen) atoms. The lowest BCUT2D eigenvalue weighted by Crippen LogP contribution is -2.39. The van der Waals surface area contributed by atoms with Crippen molar-refractivity contribution in [3.05, 3.63) is 28.2 Å². The number of halogens is 1. The highest BCUT2D eigenvalue weighted by Crippen LogP contribution is 2.23. The third kappa shape index (κ3) is 3.17. The molecule has 0 spiro atoms. The first-order valence-corrected chi connectivity index (χ1v) is 6.91. The maximum atomic E-state index is 12.2. The number of hydrogen-bond donors (Lipinski definition) is 3. The molecule has 0 bridgehead atoms. The fraction of sp³-hybridized carbons (Fsp3) is 0.385. The minimum Gasteiger partial charge on any atom is -0.478 e. The van der Waals surface area contributed by atoms with E-state index in [1.54, 1.807) is 19.2 Å². The van der Waals surface area contributed by atoms with Crippen molar-refractivity contribution in [3.63, 3.8) is 0 Å². The van der Waals surface area contributed by atoms with Crippen LogP contribution < -0.4 is 10.6 Å². The lowest BCUT2D eigenvalue weighted by Gasteiger charge is -2.17. The average molecular weight is 343 g/mol. The van der Waals surface area contributed by atoms with Gasteiger partial charge in [-0.2, -0.15) is 0 Å². The average Bonchev–Trinajstić information content (AvgIpc) is 2.86. The molecule has 2 unspecified atom stereocenters. The first-order chi connectivity index (χ1) is 9.52. The Morgan fingerprint density at radius 2 is 2.15 bits per heavy atom. The molecule has 0 saturated carbocycles. The fourth-order valence-electron chi connectivity index (χ4n) is 2.13. The number of carbonyl (C=O) groups is 2. The number of anilines is 1. The zero-order chi connectivity index (χ0) is 14.7. The highest BCUT2D eigenvalue weighted by atomic mass is 79.9. The summed E-state index contributed by atoms with van der Waals surface area (Å²) in [5.41, 5.74) is 0.333. The molecule has 1 aliphatic rings. The van der Waals surface area contributed by atoms with Crippen LogP contribution in [-0.4, -0.2) is 43.3 Å². The van der Waals surface area contributed by atoms with Crippen LogP contribution in [0.15, 0.2) is 22.7 Å². The molecule has 1 amide bonds. The third-order valence-electron chi connectivity index (χ3n) is 3.26. The highest BCUT2D eigenvalue weighted by molar-refractivity contribution is 9.10. The van der Waals surface area contributed by atoms with Gasteiger partial charge in [-0.25, -0.2) is 4.79 Å². The lowest BCUT2D eigenvalue weighted by atomic mass is 10.0. The van der Waals surface area contributed by atoms with Gasteiger partial charge in [-0.15, -0.1) is 0 Å². The van der Waals surface area contributed by atoms with E-state index in [1.165, 1.54) is 6.07 Å². The van der Waals surface area contributed by atoms with Gasteiger partial charge in [0.1, 0.15) is 0 Å². The van der Waals surface area contributed by atoms with Crippen molar-refractivity contribution >= 4 is 33.5 Å². The minimum atomic E-state index is -1.08. The van der Waals surface area contributed by atoms with Gasteiger partial charge in [0.15, 0.2) is 0 Å². The Morgan fingerprint density at radius 3 is 2.80 bits per heavy atom. The van der Waals surface area contributed by atoms with Gasteiger partial charge in [-0.1, -0.05) is 15.9 Å². The summed E-state index contributed by atoms with van der Waals surface area (Å²) < 4.78 is 5.97. The molecule has 3 N–H and O–H groups in total. The van der Waals surface area contributed by atoms with Crippen LogP contribution >= 0.6 is 15.9 Å². The molecule has 108 valence electrons. The zero-order valence-electron chi connectivity index (χ0n) is 10.9. The SMILES string of the molecule is CNC1COCC1C(=O)Nc1cc(Br)ccc1C(=O)O. The molecule has 1 aliphatic heterocycles. The number of benzene rings is 1. The topological polar surface area (TPSA) is 87.7 Å². The summed E-state index contributed by atoms with van der Waals surface area (Å²) in [6.07, 6.45) is 0. The molecule has 2 atom stereocenters. The van der Waals surface area contributed by atoms with Crippen LogP contribution in [0.25, 0.3) is 0 Å². The summed E-state index contributed by atoms with van der Waals surface area (Å²) in [4.78, 5) is 23.4. The van der Waals surface area contributed by atoms with Crippen LogP contribution in [0.2, 0.25) is 0 Å². The van der Waals surface area contributed by atoms with Crippen molar-refractivity contribution in [3.8, 4) is 0 Å². The van der Waals surface area contributed by atoms with E-state index < -0.39 is 5.97 Å². The van der Waals surface area contributed by atoms with E-state index in [-0.39, 0.29) is 29.1 Å². The van der Waals surface area contributed by atoms with Crippen molar-refractivity contribution in [2.75, 3.05) is 25.6 Å². The van der Waals surface area contributed by atoms with Gasteiger partial charge in [-0.3, -0.25) is 4.79 Å². The van der Waals surface area contributed by atoms with Crippen LogP contribution in [0.5, 0.6) is 0 Å². The molecule has 0 aliphatic carbocycles. The molecule has 6 nitrogen and oxygen atoms in total. The monoisotopic (exact) mass is 342 g/mol. The first-order valence-electron chi connectivity index (χ1n) is 6.11. The number of carbonyl (C=O) groups excluding carboxylic acids is 1. The molecule has 0 aromatic heterocycles. The molecule has 7 heteroatoms. The summed E-state index contributed by atoms with van der Waals surface area (Å²) in [6, 6.07) is 4.58. The summed E-state index contributed by atoms with van der Waals surface area (Å²) in [5.74, 6) is -1.66. The smallest absolute Gasteiger partial charge is 0.337 e. The van der Waals surface area contributed by atoms with Crippen LogP contribution in [0, 0.1) is 5.92 Å². The Morgan fingerprint density at radius 1 is 1.40 bits per heavy atom. The van der Waals surface area contributed by atoms with Gasteiger partial charge < -0.3 is 20.5 Å². The van der Waals surface area contributed by atoms with Crippen molar-refractivity contribution in [2.24, 2.45) is 5.92 Å². The maximum absolute atomic E-state index is 12.2. The number of likely N-dealkylation sites (N-methyl/N-ethyl adjacent to an activating group) is 1. The summed E-state index contributed by atoms with van der Waals surface area (Å²) in [5, 5.41) is 14.8. The number of aromatic carboxylic acids is 1. The van der Waals surface area contributed by atoms with Crippen molar-refractivity contribution in [2.45, 2.75) is 6.04 Å². The zero-order valence-corrected chi connectivity index (χ0v) is 12.4. The molecule has 0 radical (unpaired) electrons. The van der Waals surface area contributed by atoms with E-state index in [0.717, 1.165) is 0 Å². The molecule has 1 fully saturated rings. The highest BCUT2D eigenvalue weighted by Gasteiger charge is 2.33. The van der Waals surface area contributed by atoms with Crippen molar-refractivity contribution in [1.29, 1.82) is 0 Å². The molecule has 2 rings (SSSR count). The number of amides is 1. The molecule has 1 heterocycles. The Bertz CT molecular complexity index is 535. The molecule has 1 saturated heterocycles. The molecular weight excluding hydrogens is 328 g/mol. The van der Waals surface area contributed by atoms with Crippen LogP contribution in [0.4, 0.5) is 5.69 Å². The van der Waals surface area contributed by atoms with E-state index in [9.17, 15) is 9.59 Å². The first kappa shape index (κ1) is 15.0. The van der Waals surface area contributed by atoms with Gasteiger partial charge >= 0.3 is 5.97 Å². The third-order valence-corrected chi connectivity index (χ3v) is 3.75. The van der Waals surface area contributed by atoms with Gasteiger partial charge in [0.05, 0.1) is 30.4 Å². The number of hydrogen-bond acceptors (Lipinski definition) is 4. The van der Waals surface area contributed by atoms with E-state index in [1.807, 2.05) is 0 Å². The number of carboxylic acids is 1. The van der Waals surface area contributed by atoms with Crippen molar-refractivity contribution < 1.29 is 19.4 Å². The molecular formula is C13H15BrN2O4. The summed E-state index contributed by atoms with van der Waals surface area (Å²) >= 11 is 3.26. The predicted molar refractivity (Wildman–Crippen MR) is 76.9 cm³/mol. The van der Waals surface area contributed by atoms with Crippen LogP contribution in [0.3, 0.4) is 0 Å². The Labute approximate surface area is 124 Å². The second-order valence-corrected chi connectivity index (χ2v) is 5.44. The summed E-state index contributed by atoms with van der Waals surface area (Å²) in [7, 11) is 1.77. The lowest BCUT2D eigenvalue weighted by molar-refractivity contribution is -0.120. The molecule has 1 aromatic rings. The predicted octanol–water partition coefficient (Wildman–Crippen LogP) is 1.32. The van der Waals surface area contributed by atoms with Gasteiger partial charge in [-0.05, 0) is 25.2 Å². The van der Waals surface area contributed by atoms with Crippen LogP contribution in [0.1, 0.15) is 10.4 Å². The normalized spacial score (nSPS) is 21.7. The second kappa shape index (κ2) is 6.34. The quantitative estimate of drug-likeness (QED) is 0.768.